The first-order valence-electron chi connectivity index (χ1n) is 6.91. The van der Waals surface area contributed by atoms with E-state index in [2.05, 4.69) is 15.0 Å². The number of pyridine rings is 1. The molecular weight excluding hydrogens is 315 g/mol. The predicted octanol–water partition coefficient (Wildman–Crippen LogP) is 4.73. The summed E-state index contributed by atoms with van der Waals surface area (Å²) in [6.07, 6.45) is -2.18. The van der Waals surface area contributed by atoms with E-state index in [1.54, 1.807) is 6.08 Å². The zero-order chi connectivity index (χ0) is 15.9. The Morgan fingerprint density at radius 2 is 1.95 bits per heavy atom. The van der Waals surface area contributed by atoms with Crippen molar-refractivity contribution < 1.29 is 13.2 Å². The molecule has 3 rings (SSSR count). The predicted molar refractivity (Wildman–Crippen MR) is 78.5 cm³/mol. The minimum Gasteiger partial charge on any atom is -0.233 e. The second-order valence-electron chi connectivity index (χ2n) is 5.41. The number of fused-ring (bicyclic) bond motifs is 1. The van der Waals surface area contributed by atoms with Gasteiger partial charge in [-0.1, -0.05) is 6.08 Å². The summed E-state index contributed by atoms with van der Waals surface area (Å²) in [6, 6.07) is 3.66. The van der Waals surface area contributed by atoms with Gasteiger partial charge in [0.05, 0.1) is 11.6 Å². The number of halogens is 4. The third-order valence-electron chi connectivity index (χ3n) is 3.85. The van der Waals surface area contributed by atoms with E-state index in [1.807, 2.05) is 19.1 Å². The van der Waals surface area contributed by atoms with Crippen molar-refractivity contribution in [1.82, 2.24) is 15.0 Å². The van der Waals surface area contributed by atoms with Gasteiger partial charge in [-0.25, -0.2) is 9.97 Å². The highest BCUT2D eigenvalue weighted by Crippen LogP contribution is 2.40. The normalized spacial score (nSPS) is 19.3. The van der Waals surface area contributed by atoms with Crippen molar-refractivity contribution in [3.05, 3.63) is 34.9 Å². The molecule has 0 saturated heterocycles. The number of nitrogens with zero attached hydrogens (tertiary/aromatic N) is 3. The molecule has 0 aliphatic heterocycles. The molecule has 116 valence electrons. The number of hydrogen-bond donors (Lipinski definition) is 0. The number of hydrogen-bond acceptors (Lipinski definition) is 3. The molecule has 0 aromatic carbocycles. The highest BCUT2D eigenvalue weighted by molar-refractivity contribution is 6.28. The molecule has 3 nitrogen and oxygen atoms in total. The lowest BCUT2D eigenvalue weighted by Crippen LogP contribution is -2.24. The van der Waals surface area contributed by atoms with E-state index < -0.39 is 12.1 Å². The molecule has 0 amide bonds. The van der Waals surface area contributed by atoms with E-state index in [4.69, 9.17) is 11.6 Å². The molecule has 0 spiro atoms. The number of alkyl halides is 3. The summed E-state index contributed by atoms with van der Waals surface area (Å²) in [5, 5.41) is 0.770. The highest BCUT2D eigenvalue weighted by atomic mass is 35.5. The Morgan fingerprint density at radius 3 is 2.59 bits per heavy atom. The van der Waals surface area contributed by atoms with Crippen LogP contribution in [0.3, 0.4) is 0 Å². The molecule has 0 saturated carbocycles. The Kier molecular flexibility index (Phi) is 3.80. The van der Waals surface area contributed by atoms with Gasteiger partial charge in [0.25, 0.3) is 0 Å². The van der Waals surface area contributed by atoms with Gasteiger partial charge in [-0.3, -0.25) is 0 Å². The first-order chi connectivity index (χ1) is 10.3. The molecule has 1 atom stereocenters. The molecule has 22 heavy (non-hydrogen) atoms. The molecule has 0 N–H and O–H groups in total. The topological polar surface area (TPSA) is 38.7 Å². The van der Waals surface area contributed by atoms with Gasteiger partial charge >= 0.3 is 6.18 Å². The third-order valence-corrected chi connectivity index (χ3v) is 4.02. The number of rotatable bonds is 1. The standard InChI is InChI=1S/C15H13ClF3N3/c1-8-2-7-11-12(21-14(16)22-13(11)20-8)9-3-5-10(6-4-9)15(17,18)19/h2-3,7,10H,4-6H2,1H3. The van der Waals surface area contributed by atoms with Crippen molar-refractivity contribution in [3.63, 3.8) is 0 Å². The summed E-state index contributed by atoms with van der Waals surface area (Å²) in [4.78, 5) is 12.6. The second kappa shape index (κ2) is 5.50. The van der Waals surface area contributed by atoms with Crippen molar-refractivity contribution in [2.45, 2.75) is 32.4 Å². The van der Waals surface area contributed by atoms with Crippen LogP contribution in [0.25, 0.3) is 16.6 Å². The molecule has 0 fully saturated rings. The van der Waals surface area contributed by atoms with Crippen LogP contribution in [0.2, 0.25) is 5.28 Å². The van der Waals surface area contributed by atoms with E-state index in [0.717, 1.165) is 11.3 Å². The van der Waals surface area contributed by atoms with Gasteiger partial charge in [-0.05, 0) is 55.5 Å². The second-order valence-corrected chi connectivity index (χ2v) is 5.75. The third kappa shape index (κ3) is 2.92. The van der Waals surface area contributed by atoms with Gasteiger partial charge < -0.3 is 0 Å². The van der Waals surface area contributed by atoms with Crippen LogP contribution < -0.4 is 0 Å². The Labute approximate surface area is 130 Å². The minimum absolute atomic E-state index is 0.0265. The van der Waals surface area contributed by atoms with Crippen molar-refractivity contribution in [2.24, 2.45) is 5.92 Å². The van der Waals surface area contributed by atoms with Crippen molar-refractivity contribution in [2.75, 3.05) is 0 Å². The van der Waals surface area contributed by atoms with Gasteiger partial charge in [-0.2, -0.15) is 18.2 Å². The first kappa shape index (κ1) is 15.2. The molecule has 2 aromatic heterocycles. The molecule has 7 heteroatoms. The van der Waals surface area contributed by atoms with E-state index in [0.29, 0.717) is 23.1 Å². The van der Waals surface area contributed by atoms with Gasteiger partial charge in [0.2, 0.25) is 5.28 Å². The maximum Gasteiger partial charge on any atom is 0.392 e. The lowest BCUT2D eigenvalue weighted by atomic mass is 9.87. The molecule has 1 aliphatic carbocycles. The number of aromatic nitrogens is 3. The fourth-order valence-electron chi connectivity index (χ4n) is 2.67. The van der Waals surface area contributed by atoms with E-state index >= 15 is 0 Å². The van der Waals surface area contributed by atoms with Crippen LogP contribution in [0, 0.1) is 12.8 Å². The Morgan fingerprint density at radius 1 is 1.18 bits per heavy atom. The van der Waals surface area contributed by atoms with Gasteiger partial charge in [-0.15, -0.1) is 0 Å². The number of allylic oxidation sites excluding steroid dienone is 2. The molecule has 0 radical (unpaired) electrons. The van der Waals surface area contributed by atoms with Crippen LogP contribution in [0.15, 0.2) is 18.2 Å². The van der Waals surface area contributed by atoms with Crippen LogP contribution in [0.1, 0.15) is 30.7 Å². The quantitative estimate of drug-likeness (QED) is 0.711. The molecule has 2 aromatic rings. The summed E-state index contributed by atoms with van der Waals surface area (Å²) in [5.74, 6) is -1.28. The van der Waals surface area contributed by atoms with Gasteiger partial charge in [0, 0.05) is 11.1 Å². The van der Waals surface area contributed by atoms with Crippen LogP contribution >= 0.6 is 11.6 Å². The van der Waals surface area contributed by atoms with Gasteiger partial charge in [0.15, 0.2) is 5.65 Å². The lowest BCUT2D eigenvalue weighted by Gasteiger charge is -2.24. The Balaban J connectivity index is 2.02. The largest absolute Gasteiger partial charge is 0.392 e. The average Bonchev–Trinajstić information content (AvgIpc) is 2.45. The average molecular weight is 328 g/mol. The summed E-state index contributed by atoms with van der Waals surface area (Å²) in [7, 11) is 0. The van der Waals surface area contributed by atoms with Crippen LogP contribution in [-0.4, -0.2) is 21.1 Å². The fourth-order valence-corrected chi connectivity index (χ4v) is 2.83. The number of aryl methyl sites for hydroxylation is 1. The zero-order valence-electron chi connectivity index (χ0n) is 11.8. The summed E-state index contributed by atoms with van der Waals surface area (Å²) in [5.41, 5.74) is 2.63. The van der Waals surface area contributed by atoms with Crippen LogP contribution in [0.4, 0.5) is 13.2 Å². The molecule has 1 unspecified atom stereocenters. The smallest absolute Gasteiger partial charge is 0.233 e. The van der Waals surface area contributed by atoms with Crippen LogP contribution in [0.5, 0.6) is 0 Å². The van der Waals surface area contributed by atoms with E-state index in [9.17, 15) is 13.2 Å². The molecule has 2 heterocycles. The summed E-state index contributed by atoms with van der Waals surface area (Å²) < 4.78 is 38.2. The maximum absolute atomic E-state index is 12.7. The molecular formula is C15H13ClF3N3. The van der Waals surface area contributed by atoms with Crippen molar-refractivity contribution >= 4 is 28.2 Å². The first-order valence-corrected chi connectivity index (χ1v) is 7.29. The highest BCUT2D eigenvalue weighted by Gasteiger charge is 2.39. The summed E-state index contributed by atoms with van der Waals surface area (Å²) in [6.45, 7) is 1.84. The van der Waals surface area contributed by atoms with Crippen LogP contribution in [-0.2, 0) is 0 Å². The lowest BCUT2D eigenvalue weighted by molar-refractivity contribution is -0.175. The van der Waals surface area contributed by atoms with Crippen molar-refractivity contribution in [1.29, 1.82) is 0 Å². The maximum atomic E-state index is 12.7. The fraction of sp³-hybridized carbons (Fsp3) is 0.400. The van der Waals surface area contributed by atoms with E-state index in [-0.39, 0.29) is 18.1 Å². The Bertz CT molecular complexity index is 750. The monoisotopic (exact) mass is 327 g/mol. The Hall–Kier alpha value is -1.69. The molecule has 0 bridgehead atoms. The SMILES string of the molecule is Cc1ccc2c(C3=CCC(C(F)(F)F)CC3)nc(Cl)nc2n1. The summed E-state index contributed by atoms with van der Waals surface area (Å²) >= 11 is 5.93. The van der Waals surface area contributed by atoms with Gasteiger partial charge in [0.1, 0.15) is 0 Å². The van der Waals surface area contributed by atoms with E-state index in [1.165, 1.54) is 0 Å². The minimum atomic E-state index is -4.15. The van der Waals surface area contributed by atoms with Crippen molar-refractivity contribution in [3.8, 4) is 0 Å². The molecule has 1 aliphatic rings. The zero-order valence-corrected chi connectivity index (χ0v) is 12.5.